The van der Waals surface area contributed by atoms with Crippen LogP contribution < -0.4 is 34.7 Å². The minimum atomic E-state index is -1.62. The van der Waals surface area contributed by atoms with E-state index in [-0.39, 0.29) is 58.5 Å². The smallest absolute Gasteiger partial charge is 0.871 e. The molecule has 4 rings (SSSR count). The number of carbonyl (C=O) groups excluding carboxylic acids is 1. The molecule has 0 aliphatic heterocycles. The Bertz CT molecular complexity index is 786. The summed E-state index contributed by atoms with van der Waals surface area (Å²) in [5, 5.41) is 44.1. The van der Waals surface area contributed by atoms with Crippen molar-refractivity contribution in [2.24, 2.45) is 28.6 Å². The quantitative estimate of drug-likeness (QED) is 0.396. The van der Waals surface area contributed by atoms with Crippen LogP contribution in [0.15, 0.2) is 35.3 Å². The molecule has 0 aromatic heterocycles. The van der Waals surface area contributed by atoms with Crippen LogP contribution in [-0.4, -0.2) is 32.8 Å². The molecular weight excluding hydrogens is 367 g/mol. The van der Waals surface area contributed by atoms with Gasteiger partial charge in [0.05, 0.1) is 18.0 Å². The van der Waals surface area contributed by atoms with E-state index in [9.17, 15) is 25.2 Å². The van der Waals surface area contributed by atoms with Crippen molar-refractivity contribution < 1.29 is 54.8 Å². The van der Waals surface area contributed by atoms with Crippen LogP contribution in [0.3, 0.4) is 0 Å². The van der Waals surface area contributed by atoms with E-state index in [4.69, 9.17) is 0 Å². The fraction of sp³-hybridized carbons (Fsp3) is 0.682. The first-order chi connectivity index (χ1) is 12.6. The molecule has 148 valence electrons. The second kappa shape index (κ2) is 6.98. The first kappa shape index (κ1) is 22.1. The number of hydrogen-bond acceptors (Lipinski definition) is 5. The minimum absolute atomic E-state index is 0. The predicted octanol–water partition coefficient (Wildman–Crippen LogP) is -0.850. The predicted molar refractivity (Wildman–Crippen MR) is 98.3 cm³/mol. The minimum Gasteiger partial charge on any atom is -0.871 e. The topological polar surface area (TPSA) is 101 Å². The molecule has 5 nitrogen and oxygen atoms in total. The Morgan fingerprint density at radius 3 is 2.61 bits per heavy atom. The van der Waals surface area contributed by atoms with E-state index in [1.54, 1.807) is 12.2 Å². The fourth-order valence-electron chi connectivity index (χ4n) is 7.19. The van der Waals surface area contributed by atoms with Crippen molar-refractivity contribution in [2.75, 3.05) is 0 Å². The first-order valence-electron chi connectivity index (χ1n) is 9.95. The van der Waals surface area contributed by atoms with Gasteiger partial charge in [0.1, 0.15) is 0 Å². The maximum Gasteiger partial charge on any atom is 1.00 e. The van der Waals surface area contributed by atoms with Crippen LogP contribution in [0, 0.1) is 28.6 Å². The molecule has 4 aliphatic carbocycles. The van der Waals surface area contributed by atoms with Gasteiger partial charge < -0.3 is 20.4 Å². The van der Waals surface area contributed by atoms with Crippen molar-refractivity contribution in [3.63, 3.8) is 0 Å². The van der Waals surface area contributed by atoms with E-state index < -0.39 is 22.9 Å². The summed E-state index contributed by atoms with van der Waals surface area (Å²) >= 11 is 0. The van der Waals surface area contributed by atoms with Gasteiger partial charge in [-0.05, 0) is 63.0 Å². The molecular formula is C22H29NaO5. The Morgan fingerprint density at radius 2 is 1.96 bits per heavy atom. The maximum atomic E-state index is 12.3. The summed E-state index contributed by atoms with van der Waals surface area (Å²) in [7, 11) is 0. The van der Waals surface area contributed by atoms with Crippen molar-refractivity contribution in [2.45, 2.75) is 64.6 Å². The van der Waals surface area contributed by atoms with Gasteiger partial charge in [-0.3, -0.25) is 4.79 Å². The summed E-state index contributed by atoms with van der Waals surface area (Å²) in [5.41, 5.74) is -0.641. The van der Waals surface area contributed by atoms with Crippen LogP contribution >= 0.6 is 0 Å². The monoisotopic (exact) mass is 396 g/mol. The molecule has 0 radical (unpaired) electrons. The molecule has 0 heterocycles. The van der Waals surface area contributed by atoms with Crippen LogP contribution in [0.4, 0.5) is 0 Å². The normalized spacial score (nSPS) is 47.9. The molecule has 28 heavy (non-hydrogen) atoms. The first-order valence-corrected chi connectivity index (χ1v) is 9.95. The number of carbonyl (C=O) groups is 1. The van der Waals surface area contributed by atoms with E-state index in [0.717, 1.165) is 24.0 Å². The van der Waals surface area contributed by atoms with E-state index in [0.29, 0.717) is 25.5 Å². The zero-order valence-corrected chi connectivity index (χ0v) is 19.2. The Hall–Kier alpha value is -0.590. The zero-order chi connectivity index (χ0) is 19.8. The molecule has 0 bridgehead atoms. The van der Waals surface area contributed by atoms with Crippen molar-refractivity contribution in [3.8, 4) is 0 Å². The summed E-state index contributed by atoms with van der Waals surface area (Å²) in [5.74, 6) is -0.398. The van der Waals surface area contributed by atoms with Crippen molar-refractivity contribution >= 4 is 5.78 Å². The second-order valence-corrected chi connectivity index (χ2v) is 9.52. The van der Waals surface area contributed by atoms with Crippen molar-refractivity contribution in [1.82, 2.24) is 0 Å². The molecule has 0 saturated heterocycles. The number of ketones is 1. The number of allylic oxidation sites excluding steroid dienone is 4. The van der Waals surface area contributed by atoms with Crippen LogP contribution in [-0.2, 0) is 4.79 Å². The van der Waals surface area contributed by atoms with Gasteiger partial charge in [0.2, 0.25) is 0 Å². The second-order valence-electron chi connectivity index (χ2n) is 9.52. The van der Waals surface area contributed by atoms with Crippen molar-refractivity contribution in [3.05, 3.63) is 35.3 Å². The maximum absolute atomic E-state index is 12.3. The molecule has 3 saturated carbocycles. The van der Waals surface area contributed by atoms with Crippen molar-refractivity contribution in [1.29, 1.82) is 0 Å². The molecule has 7 atom stereocenters. The molecule has 0 aromatic rings. The summed E-state index contributed by atoms with van der Waals surface area (Å²) < 4.78 is 0. The van der Waals surface area contributed by atoms with Gasteiger partial charge in [-0.15, -0.1) is 0 Å². The summed E-state index contributed by atoms with van der Waals surface area (Å²) in [6.45, 7) is 6.00. The van der Waals surface area contributed by atoms with Gasteiger partial charge in [-0.2, -0.15) is 0 Å². The summed E-state index contributed by atoms with van der Waals surface area (Å²) in [6.07, 6.45) is 6.19. The van der Waals surface area contributed by atoms with Crippen LogP contribution in [0.25, 0.3) is 0 Å². The third-order valence-electron chi connectivity index (χ3n) is 8.71. The summed E-state index contributed by atoms with van der Waals surface area (Å²) in [4.78, 5) is 12.0. The average molecular weight is 396 g/mol. The number of rotatable bonds is 1. The van der Waals surface area contributed by atoms with Gasteiger partial charge in [-0.1, -0.05) is 30.8 Å². The Morgan fingerprint density at radius 1 is 1.29 bits per heavy atom. The van der Waals surface area contributed by atoms with E-state index in [1.165, 1.54) is 0 Å². The standard InChI is InChI=1S/C22H30O5.Na/c1-12-8-14(24)9-13-4-5-15-16-6-7-22(27,18(26)11-23)20(16,2)10-17(25)19(15)21(12,13)3;/h8-9,11,15-17,19,23,25-27H,4-7,10H2,1-3H3;/q;+1/p-1/b18-11+;/t15-,16-,17-,19+,20-,21+,22-;/m0./s1. The molecule has 0 spiro atoms. The number of aliphatic hydroxyl groups is 3. The van der Waals surface area contributed by atoms with E-state index in [1.807, 2.05) is 13.8 Å². The molecule has 4 aliphatic rings. The average Bonchev–Trinajstić information content (AvgIpc) is 2.87. The van der Waals surface area contributed by atoms with Gasteiger partial charge >= 0.3 is 29.6 Å². The van der Waals surface area contributed by atoms with E-state index >= 15 is 0 Å². The van der Waals surface area contributed by atoms with Crippen LogP contribution in [0.5, 0.6) is 0 Å². The molecule has 6 heteroatoms. The van der Waals surface area contributed by atoms with Gasteiger partial charge in [-0.25, -0.2) is 0 Å². The van der Waals surface area contributed by atoms with Crippen LogP contribution in [0.2, 0.25) is 0 Å². The number of aliphatic hydroxyl groups excluding tert-OH is 2. The molecule has 0 aromatic carbocycles. The third-order valence-corrected chi connectivity index (χ3v) is 8.71. The summed E-state index contributed by atoms with van der Waals surface area (Å²) in [6, 6.07) is 0. The Kier molecular flexibility index (Phi) is 5.51. The Balaban J connectivity index is 0.00000225. The van der Waals surface area contributed by atoms with Gasteiger partial charge in [0.15, 0.2) is 5.78 Å². The Labute approximate surface area is 188 Å². The SMILES string of the molecule is CC1=CC(=O)C=C2CC[C@@H]3[C@H]([C@@H](O)C[C@@]4(C)[C@H]3CC[C@]4(O)/C([O-])=C\O)[C@]12C.[Na+]. The number of fused-ring (bicyclic) bond motifs is 5. The fourth-order valence-corrected chi connectivity index (χ4v) is 7.19. The van der Waals surface area contributed by atoms with E-state index in [2.05, 4.69) is 6.92 Å². The number of hydrogen-bond donors (Lipinski definition) is 3. The van der Waals surface area contributed by atoms with Gasteiger partial charge in [0.25, 0.3) is 0 Å². The zero-order valence-electron chi connectivity index (χ0n) is 17.2. The largest absolute Gasteiger partial charge is 1.00 e. The molecule has 0 amide bonds. The molecule has 3 fully saturated rings. The molecule has 3 N–H and O–H groups in total. The molecule has 0 unspecified atom stereocenters. The third kappa shape index (κ3) is 2.59. The van der Waals surface area contributed by atoms with Crippen LogP contribution in [0.1, 0.15) is 52.9 Å². The van der Waals surface area contributed by atoms with Gasteiger partial charge in [0, 0.05) is 16.7 Å².